The molecule has 0 spiro atoms. The van der Waals surface area contributed by atoms with Crippen LogP contribution in [0.3, 0.4) is 0 Å². The van der Waals surface area contributed by atoms with Crippen LogP contribution in [0, 0.1) is 6.92 Å². The van der Waals surface area contributed by atoms with Gasteiger partial charge in [-0.3, -0.25) is 4.72 Å². The van der Waals surface area contributed by atoms with Gasteiger partial charge >= 0.3 is 0 Å². The Bertz CT molecular complexity index is 918. The van der Waals surface area contributed by atoms with Crippen LogP contribution in [0.15, 0.2) is 45.9 Å². The number of hydrogen-bond donors (Lipinski definition) is 2. The van der Waals surface area contributed by atoms with Crippen molar-refractivity contribution in [1.29, 1.82) is 0 Å². The molecule has 0 atom stereocenters. The van der Waals surface area contributed by atoms with Crippen molar-refractivity contribution in [3.63, 3.8) is 0 Å². The average Bonchev–Trinajstić information content (AvgIpc) is 2.88. The number of fused-ring (bicyclic) bond motifs is 1. The monoisotopic (exact) mass is 304 g/mol. The highest BCUT2D eigenvalue weighted by molar-refractivity contribution is 7.92. The van der Waals surface area contributed by atoms with Crippen LogP contribution >= 0.6 is 0 Å². The van der Waals surface area contributed by atoms with Gasteiger partial charge in [-0.2, -0.15) is 0 Å². The largest absolute Gasteiger partial charge is 0.398 e. The van der Waals surface area contributed by atoms with E-state index >= 15 is 0 Å². The number of aromatic nitrogens is 2. The summed E-state index contributed by atoms with van der Waals surface area (Å²) in [5.74, 6) is 0. The second kappa shape index (κ2) is 4.74. The van der Waals surface area contributed by atoms with Crippen molar-refractivity contribution < 1.29 is 13.0 Å². The zero-order valence-corrected chi connectivity index (χ0v) is 11.9. The second-order valence-corrected chi connectivity index (χ2v) is 6.27. The lowest BCUT2D eigenvalue weighted by molar-refractivity contribution is 0.315. The van der Waals surface area contributed by atoms with E-state index in [4.69, 9.17) is 5.73 Å². The van der Waals surface area contributed by atoms with E-state index in [-0.39, 0.29) is 10.6 Å². The Hall–Kier alpha value is -2.61. The molecular weight excluding hydrogens is 292 g/mol. The first kappa shape index (κ1) is 13.4. The van der Waals surface area contributed by atoms with Gasteiger partial charge in [-0.1, -0.05) is 6.07 Å². The number of nitrogens with zero attached hydrogens (tertiary/aromatic N) is 2. The Morgan fingerprint density at radius 3 is 2.67 bits per heavy atom. The summed E-state index contributed by atoms with van der Waals surface area (Å²) >= 11 is 0. The Morgan fingerprint density at radius 1 is 1.10 bits per heavy atom. The van der Waals surface area contributed by atoms with Crippen molar-refractivity contribution in [1.82, 2.24) is 10.3 Å². The Morgan fingerprint density at radius 2 is 1.86 bits per heavy atom. The highest BCUT2D eigenvalue weighted by atomic mass is 32.2. The van der Waals surface area contributed by atoms with Crippen LogP contribution in [0.4, 0.5) is 11.4 Å². The molecule has 1 heterocycles. The smallest absolute Gasteiger partial charge is 0.263 e. The molecule has 0 aliphatic heterocycles. The molecule has 3 N–H and O–H groups in total. The third-order valence-corrected chi connectivity index (χ3v) is 4.40. The molecule has 21 heavy (non-hydrogen) atoms. The quantitative estimate of drug-likeness (QED) is 0.715. The van der Waals surface area contributed by atoms with E-state index in [1.165, 1.54) is 12.1 Å². The minimum Gasteiger partial charge on any atom is -0.398 e. The first-order chi connectivity index (χ1) is 9.95. The topological polar surface area (TPSA) is 111 Å². The van der Waals surface area contributed by atoms with E-state index in [9.17, 15) is 8.42 Å². The lowest BCUT2D eigenvalue weighted by Gasteiger charge is -2.10. The van der Waals surface area contributed by atoms with Gasteiger partial charge in [0, 0.05) is 0 Å². The number of benzene rings is 2. The zero-order valence-electron chi connectivity index (χ0n) is 11.1. The molecule has 108 valence electrons. The number of aryl methyl sites for hydroxylation is 1. The number of nitrogens with two attached hydrogens (primary N) is 1. The molecule has 0 bridgehead atoms. The predicted octanol–water partition coefficient (Wildman–Crippen LogP) is 1.91. The van der Waals surface area contributed by atoms with Crippen LogP contribution in [0.2, 0.25) is 0 Å². The van der Waals surface area contributed by atoms with Crippen LogP contribution in [-0.2, 0) is 10.0 Å². The second-order valence-electron chi connectivity index (χ2n) is 4.61. The molecule has 3 rings (SSSR count). The van der Waals surface area contributed by atoms with Crippen molar-refractivity contribution in [3.05, 3.63) is 42.0 Å². The number of nitrogens with one attached hydrogen (secondary N) is 1. The molecule has 0 fully saturated rings. The number of sulfonamides is 1. The summed E-state index contributed by atoms with van der Waals surface area (Å²) in [6.45, 7) is 1.80. The van der Waals surface area contributed by atoms with E-state index in [1.807, 2.05) is 0 Å². The first-order valence-corrected chi connectivity index (χ1v) is 7.55. The van der Waals surface area contributed by atoms with Crippen molar-refractivity contribution in [3.8, 4) is 0 Å². The minimum atomic E-state index is -3.77. The number of anilines is 2. The van der Waals surface area contributed by atoms with Gasteiger partial charge < -0.3 is 5.73 Å². The Kier molecular flexibility index (Phi) is 3.02. The SMILES string of the molecule is Cc1ccc(N)c(S(=O)(=O)Nc2ccc3nonc3c2)c1. The first-order valence-electron chi connectivity index (χ1n) is 6.07. The molecular formula is C13H12N4O3S. The van der Waals surface area contributed by atoms with Gasteiger partial charge in [-0.15, -0.1) is 0 Å². The highest BCUT2D eigenvalue weighted by Crippen LogP contribution is 2.24. The van der Waals surface area contributed by atoms with Crippen LogP contribution in [0.1, 0.15) is 5.56 Å². The van der Waals surface area contributed by atoms with Gasteiger partial charge in [0.2, 0.25) is 0 Å². The summed E-state index contributed by atoms with van der Waals surface area (Å²) in [4.78, 5) is 0.0425. The third-order valence-electron chi connectivity index (χ3n) is 2.96. The molecule has 3 aromatic rings. The molecule has 8 heteroatoms. The van der Waals surface area contributed by atoms with E-state index < -0.39 is 10.0 Å². The van der Waals surface area contributed by atoms with Gasteiger partial charge in [0.25, 0.3) is 10.0 Å². The number of nitrogen functional groups attached to an aromatic ring is 1. The molecule has 0 aliphatic carbocycles. The standard InChI is InChI=1S/C13H12N4O3S/c1-8-2-4-10(14)13(6-8)21(18,19)17-9-3-5-11-12(7-9)16-20-15-11/h2-7,17H,14H2,1H3. The van der Waals surface area contributed by atoms with E-state index in [1.54, 1.807) is 31.2 Å². The number of rotatable bonds is 3. The molecule has 0 unspecified atom stereocenters. The molecule has 2 aromatic carbocycles. The van der Waals surface area contributed by atoms with Crippen LogP contribution in [0.25, 0.3) is 11.0 Å². The maximum atomic E-state index is 12.4. The van der Waals surface area contributed by atoms with Crippen LogP contribution in [-0.4, -0.2) is 18.7 Å². The maximum Gasteiger partial charge on any atom is 0.263 e. The van der Waals surface area contributed by atoms with Gasteiger partial charge in [-0.25, -0.2) is 13.0 Å². The fourth-order valence-electron chi connectivity index (χ4n) is 1.93. The molecule has 7 nitrogen and oxygen atoms in total. The van der Waals surface area contributed by atoms with Crippen LogP contribution < -0.4 is 10.5 Å². The summed E-state index contributed by atoms with van der Waals surface area (Å²) in [5.41, 5.74) is 8.12. The molecule has 0 radical (unpaired) electrons. The van der Waals surface area contributed by atoms with Gasteiger partial charge in [0.15, 0.2) is 0 Å². The average molecular weight is 304 g/mol. The van der Waals surface area contributed by atoms with Crippen molar-refractivity contribution in [2.45, 2.75) is 11.8 Å². The summed E-state index contributed by atoms with van der Waals surface area (Å²) in [5, 5.41) is 7.32. The normalized spacial score (nSPS) is 11.7. The van der Waals surface area contributed by atoms with Crippen LogP contribution in [0.5, 0.6) is 0 Å². The van der Waals surface area contributed by atoms with Gasteiger partial charge in [-0.05, 0) is 53.1 Å². The molecule has 0 aliphatic rings. The minimum absolute atomic E-state index is 0.0425. The Balaban J connectivity index is 2.00. The van der Waals surface area contributed by atoms with E-state index in [0.717, 1.165) is 5.56 Å². The molecule has 0 saturated heterocycles. The van der Waals surface area contributed by atoms with E-state index in [2.05, 4.69) is 19.7 Å². The lowest BCUT2D eigenvalue weighted by atomic mass is 10.2. The predicted molar refractivity (Wildman–Crippen MR) is 78.2 cm³/mol. The summed E-state index contributed by atoms with van der Waals surface area (Å²) in [7, 11) is -3.77. The number of hydrogen-bond acceptors (Lipinski definition) is 6. The summed E-state index contributed by atoms with van der Waals surface area (Å²) < 4.78 is 31.8. The Labute approximate surface area is 120 Å². The van der Waals surface area contributed by atoms with Crippen molar-refractivity contribution >= 4 is 32.4 Å². The van der Waals surface area contributed by atoms with Gasteiger partial charge in [0.05, 0.1) is 11.4 Å². The van der Waals surface area contributed by atoms with Crippen molar-refractivity contribution in [2.75, 3.05) is 10.5 Å². The molecule has 0 saturated carbocycles. The van der Waals surface area contributed by atoms with Gasteiger partial charge in [0.1, 0.15) is 15.9 Å². The zero-order chi connectivity index (χ0) is 15.0. The van der Waals surface area contributed by atoms with Crippen molar-refractivity contribution in [2.24, 2.45) is 0 Å². The molecule has 1 aromatic heterocycles. The summed E-state index contributed by atoms with van der Waals surface area (Å²) in [6, 6.07) is 9.57. The fraction of sp³-hybridized carbons (Fsp3) is 0.0769. The highest BCUT2D eigenvalue weighted by Gasteiger charge is 2.18. The fourth-order valence-corrected chi connectivity index (χ4v) is 3.20. The third kappa shape index (κ3) is 2.52. The summed E-state index contributed by atoms with van der Waals surface area (Å²) in [6.07, 6.45) is 0. The maximum absolute atomic E-state index is 12.4. The molecule has 0 amide bonds. The lowest BCUT2D eigenvalue weighted by Crippen LogP contribution is -2.15. The van der Waals surface area contributed by atoms with E-state index in [0.29, 0.717) is 16.7 Å².